The number of likely N-dealkylation sites (N-methyl/N-ethyl adjacent to an activating group) is 1. The molecule has 0 atom stereocenters. The molecule has 2 aromatic rings. The minimum Gasteiger partial charge on any atom is -0.508 e. The minimum absolute atomic E-state index is 0.0488. The average Bonchev–Trinajstić information content (AvgIpc) is 2.48. The van der Waals surface area contributed by atoms with E-state index in [1.807, 2.05) is 36.2 Å². The van der Waals surface area contributed by atoms with Crippen molar-refractivity contribution in [1.29, 1.82) is 0 Å². The van der Waals surface area contributed by atoms with Crippen molar-refractivity contribution in [2.24, 2.45) is 0 Å². The van der Waals surface area contributed by atoms with Crippen LogP contribution >= 0.6 is 0 Å². The molecule has 21 heavy (non-hydrogen) atoms. The quantitative estimate of drug-likeness (QED) is 0.922. The molecule has 0 fully saturated rings. The lowest BCUT2D eigenvalue weighted by molar-refractivity contribution is 0.475. The second kappa shape index (κ2) is 4.96. The topological polar surface area (TPSA) is 60.9 Å². The van der Waals surface area contributed by atoms with Crippen LogP contribution in [0.5, 0.6) is 5.75 Å². The lowest BCUT2D eigenvalue weighted by Crippen LogP contribution is -2.42. The second-order valence-corrected chi connectivity index (χ2v) is 6.84. The molecular weight excluding hydrogens is 288 g/mol. The number of benzene rings is 2. The minimum atomic E-state index is -3.62. The maximum atomic E-state index is 12.8. The first-order valence-electron chi connectivity index (χ1n) is 6.62. The highest BCUT2D eigenvalue weighted by Gasteiger charge is 2.30. The molecule has 3 rings (SSSR count). The fourth-order valence-corrected chi connectivity index (χ4v) is 3.94. The van der Waals surface area contributed by atoms with Gasteiger partial charge in [0.1, 0.15) is 5.75 Å². The SMILES string of the molecule is CN1CCN(S(=O)(=O)c2ccc(O)cc2)c2ccccc21. The summed E-state index contributed by atoms with van der Waals surface area (Å²) in [6.45, 7) is 1.03. The van der Waals surface area contributed by atoms with Gasteiger partial charge < -0.3 is 10.0 Å². The maximum absolute atomic E-state index is 12.8. The molecule has 2 aromatic carbocycles. The predicted octanol–water partition coefficient (Wildman–Crippen LogP) is 2.04. The maximum Gasteiger partial charge on any atom is 0.264 e. The Balaban J connectivity index is 2.08. The second-order valence-electron chi connectivity index (χ2n) is 4.98. The van der Waals surface area contributed by atoms with Crippen LogP contribution in [0.1, 0.15) is 0 Å². The molecule has 0 aliphatic carbocycles. The highest BCUT2D eigenvalue weighted by atomic mass is 32.2. The summed E-state index contributed by atoms with van der Waals surface area (Å²) in [5.41, 5.74) is 1.57. The van der Waals surface area contributed by atoms with Gasteiger partial charge in [0.2, 0.25) is 0 Å². The molecule has 6 heteroatoms. The fraction of sp³-hybridized carbons (Fsp3) is 0.200. The monoisotopic (exact) mass is 304 g/mol. The molecule has 1 heterocycles. The first-order chi connectivity index (χ1) is 10.00. The van der Waals surface area contributed by atoms with Crippen molar-refractivity contribution >= 4 is 21.4 Å². The molecular formula is C15H16N2O3S. The Morgan fingerprint density at radius 2 is 1.57 bits per heavy atom. The molecule has 0 bridgehead atoms. The van der Waals surface area contributed by atoms with Crippen molar-refractivity contribution in [2.45, 2.75) is 4.90 Å². The first kappa shape index (κ1) is 13.8. The molecule has 5 nitrogen and oxygen atoms in total. The molecule has 0 saturated carbocycles. The average molecular weight is 304 g/mol. The Bertz CT molecular complexity index is 757. The lowest BCUT2D eigenvalue weighted by Gasteiger charge is -2.36. The third-order valence-corrected chi connectivity index (χ3v) is 5.45. The molecule has 0 spiro atoms. The number of para-hydroxylation sites is 2. The molecule has 0 saturated heterocycles. The van der Waals surface area contributed by atoms with Crippen molar-refractivity contribution in [3.63, 3.8) is 0 Å². The third kappa shape index (κ3) is 2.31. The fourth-order valence-electron chi connectivity index (χ4n) is 2.47. The Morgan fingerprint density at radius 1 is 0.952 bits per heavy atom. The van der Waals surface area contributed by atoms with Gasteiger partial charge in [0.05, 0.1) is 22.8 Å². The summed E-state index contributed by atoms with van der Waals surface area (Å²) in [7, 11) is -1.67. The molecule has 0 aromatic heterocycles. The van der Waals surface area contributed by atoms with Gasteiger partial charge in [-0.15, -0.1) is 0 Å². The van der Waals surface area contributed by atoms with Crippen molar-refractivity contribution in [3.8, 4) is 5.75 Å². The molecule has 1 aliphatic heterocycles. The first-order valence-corrected chi connectivity index (χ1v) is 8.06. The number of nitrogens with zero attached hydrogens (tertiary/aromatic N) is 2. The van der Waals surface area contributed by atoms with Gasteiger partial charge in [0.25, 0.3) is 10.0 Å². The molecule has 1 N–H and O–H groups in total. The summed E-state index contributed by atoms with van der Waals surface area (Å²) in [6, 6.07) is 13.1. The third-order valence-electron chi connectivity index (χ3n) is 3.62. The van der Waals surface area contributed by atoms with E-state index in [1.54, 1.807) is 0 Å². The van der Waals surface area contributed by atoms with Crippen LogP contribution in [0.2, 0.25) is 0 Å². The van der Waals surface area contributed by atoms with E-state index >= 15 is 0 Å². The van der Waals surface area contributed by atoms with E-state index < -0.39 is 10.0 Å². The number of rotatable bonds is 2. The van der Waals surface area contributed by atoms with Gasteiger partial charge in [-0.1, -0.05) is 12.1 Å². The Morgan fingerprint density at radius 3 is 2.24 bits per heavy atom. The number of aromatic hydroxyl groups is 1. The number of phenolic OH excluding ortho intramolecular Hbond substituents is 1. The van der Waals surface area contributed by atoms with E-state index in [-0.39, 0.29) is 10.6 Å². The smallest absolute Gasteiger partial charge is 0.264 e. The van der Waals surface area contributed by atoms with Crippen LogP contribution in [0.25, 0.3) is 0 Å². The van der Waals surface area contributed by atoms with Crippen molar-refractivity contribution in [3.05, 3.63) is 48.5 Å². The van der Waals surface area contributed by atoms with Gasteiger partial charge in [-0.05, 0) is 36.4 Å². The number of phenols is 1. The van der Waals surface area contributed by atoms with Gasteiger partial charge in [0, 0.05) is 13.6 Å². The lowest BCUT2D eigenvalue weighted by atomic mass is 10.2. The van der Waals surface area contributed by atoms with Crippen molar-refractivity contribution in [1.82, 2.24) is 0 Å². The zero-order valence-corrected chi connectivity index (χ0v) is 12.4. The van der Waals surface area contributed by atoms with Crippen molar-refractivity contribution < 1.29 is 13.5 Å². The number of fused-ring (bicyclic) bond motifs is 1. The Kier molecular flexibility index (Phi) is 3.25. The van der Waals surface area contributed by atoms with Gasteiger partial charge in [-0.2, -0.15) is 0 Å². The largest absolute Gasteiger partial charge is 0.508 e. The van der Waals surface area contributed by atoms with Crippen LogP contribution < -0.4 is 9.21 Å². The van der Waals surface area contributed by atoms with E-state index in [0.717, 1.165) is 5.69 Å². The summed E-state index contributed by atoms with van der Waals surface area (Å²) >= 11 is 0. The van der Waals surface area contributed by atoms with E-state index in [1.165, 1.54) is 28.6 Å². The van der Waals surface area contributed by atoms with Crippen LogP contribution in [-0.2, 0) is 10.0 Å². The predicted molar refractivity (Wildman–Crippen MR) is 82.4 cm³/mol. The van der Waals surface area contributed by atoms with E-state index in [2.05, 4.69) is 0 Å². The summed E-state index contributed by atoms with van der Waals surface area (Å²) in [4.78, 5) is 2.22. The summed E-state index contributed by atoms with van der Waals surface area (Å²) in [5, 5.41) is 9.31. The Hall–Kier alpha value is -2.21. The highest BCUT2D eigenvalue weighted by Crippen LogP contribution is 2.35. The number of sulfonamides is 1. The van der Waals surface area contributed by atoms with Crippen LogP contribution in [0.15, 0.2) is 53.4 Å². The number of anilines is 2. The van der Waals surface area contributed by atoms with Crippen LogP contribution in [0, 0.1) is 0 Å². The van der Waals surface area contributed by atoms with Crippen LogP contribution in [-0.4, -0.2) is 33.7 Å². The number of hydrogen-bond acceptors (Lipinski definition) is 4. The molecule has 0 amide bonds. The zero-order valence-electron chi connectivity index (χ0n) is 11.6. The molecule has 110 valence electrons. The van der Waals surface area contributed by atoms with E-state index in [9.17, 15) is 13.5 Å². The summed E-state index contributed by atoms with van der Waals surface area (Å²) in [6.07, 6.45) is 0. The van der Waals surface area contributed by atoms with Crippen LogP contribution in [0.3, 0.4) is 0 Å². The zero-order chi connectivity index (χ0) is 15.0. The van der Waals surface area contributed by atoms with E-state index in [4.69, 9.17) is 0 Å². The standard InChI is InChI=1S/C15H16N2O3S/c1-16-10-11-17(15-5-3-2-4-14(15)16)21(19,20)13-8-6-12(18)7-9-13/h2-9,18H,10-11H2,1H3. The number of hydrogen-bond donors (Lipinski definition) is 1. The van der Waals surface area contributed by atoms with Crippen molar-refractivity contribution in [2.75, 3.05) is 29.3 Å². The van der Waals surface area contributed by atoms with Gasteiger partial charge in [-0.25, -0.2) is 8.42 Å². The van der Waals surface area contributed by atoms with Gasteiger partial charge in [-0.3, -0.25) is 4.31 Å². The molecule has 0 unspecified atom stereocenters. The normalized spacial score (nSPS) is 14.9. The molecule has 0 radical (unpaired) electrons. The van der Waals surface area contributed by atoms with Gasteiger partial charge in [0.15, 0.2) is 0 Å². The van der Waals surface area contributed by atoms with E-state index in [0.29, 0.717) is 18.8 Å². The van der Waals surface area contributed by atoms with Crippen LogP contribution in [0.4, 0.5) is 11.4 Å². The summed E-state index contributed by atoms with van der Waals surface area (Å²) < 4.78 is 27.0. The highest BCUT2D eigenvalue weighted by molar-refractivity contribution is 7.92. The summed E-state index contributed by atoms with van der Waals surface area (Å²) in [5.74, 6) is 0.0488. The molecule has 1 aliphatic rings. The Labute approximate surface area is 124 Å². The van der Waals surface area contributed by atoms with Gasteiger partial charge >= 0.3 is 0 Å².